The van der Waals surface area contributed by atoms with Gasteiger partial charge in [-0.3, -0.25) is 0 Å². The lowest BCUT2D eigenvalue weighted by Gasteiger charge is -2.28. The van der Waals surface area contributed by atoms with Crippen molar-refractivity contribution in [2.45, 2.75) is 32.7 Å². The Bertz CT molecular complexity index is 664. The van der Waals surface area contributed by atoms with Crippen LogP contribution in [0, 0.1) is 0 Å². The summed E-state index contributed by atoms with van der Waals surface area (Å²) in [7, 11) is 1.70. The van der Waals surface area contributed by atoms with E-state index >= 15 is 0 Å². The van der Waals surface area contributed by atoms with E-state index in [-0.39, 0.29) is 6.04 Å². The molecule has 3 heteroatoms. The van der Waals surface area contributed by atoms with Gasteiger partial charge in [-0.15, -0.1) is 0 Å². The maximum atomic E-state index is 5.72. The Balaban J connectivity index is 2.00. The highest BCUT2D eigenvalue weighted by Gasteiger charge is 2.23. The lowest BCUT2D eigenvalue weighted by atomic mass is 9.89. The predicted molar refractivity (Wildman–Crippen MR) is 93.5 cm³/mol. The molecule has 0 saturated carbocycles. The fraction of sp³-hybridized carbons (Fsp3) is 0.400. The summed E-state index contributed by atoms with van der Waals surface area (Å²) < 4.78 is 11.3. The molecule has 2 aromatic carbocycles. The van der Waals surface area contributed by atoms with Gasteiger partial charge in [0.05, 0.1) is 19.8 Å². The summed E-state index contributed by atoms with van der Waals surface area (Å²) in [5.41, 5.74) is 5.31. The number of aryl methyl sites for hydroxylation is 1. The SMILES string of the molecule is CCOc1cc2c(cc1OC)C(c1ccc(CC)cc1)NCC2. The van der Waals surface area contributed by atoms with Gasteiger partial charge in [0, 0.05) is 6.54 Å². The first kappa shape index (κ1) is 15.9. The summed E-state index contributed by atoms with van der Waals surface area (Å²) in [5.74, 6) is 1.65. The third-order valence-electron chi connectivity index (χ3n) is 4.50. The maximum absolute atomic E-state index is 5.72. The van der Waals surface area contributed by atoms with E-state index in [4.69, 9.17) is 9.47 Å². The van der Waals surface area contributed by atoms with Crippen molar-refractivity contribution in [3.05, 3.63) is 58.7 Å². The van der Waals surface area contributed by atoms with Crippen molar-refractivity contribution >= 4 is 0 Å². The summed E-state index contributed by atoms with van der Waals surface area (Å²) in [6, 6.07) is 13.4. The van der Waals surface area contributed by atoms with Crippen LogP contribution in [0.4, 0.5) is 0 Å². The molecule has 1 heterocycles. The normalized spacial score (nSPS) is 16.7. The van der Waals surface area contributed by atoms with Gasteiger partial charge in [-0.1, -0.05) is 31.2 Å². The molecular weight excluding hydrogens is 286 g/mol. The predicted octanol–water partition coefficient (Wildman–Crippen LogP) is 3.89. The summed E-state index contributed by atoms with van der Waals surface area (Å²) >= 11 is 0. The Morgan fingerprint density at radius 3 is 2.52 bits per heavy atom. The molecule has 0 aliphatic carbocycles. The highest BCUT2D eigenvalue weighted by atomic mass is 16.5. The molecule has 1 atom stereocenters. The molecule has 0 amide bonds. The third-order valence-corrected chi connectivity index (χ3v) is 4.50. The Hall–Kier alpha value is -2.00. The molecule has 1 N–H and O–H groups in total. The third kappa shape index (κ3) is 3.20. The number of nitrogens with one attached hydrogen (secondary N) is 1. The second-order valence-corrected chi connectivity index (χ2v) is 5.87. The number of rotatable bonds is 5. The molecule has 0 aromatic heterocycles. The second kappa shape index (κ2) is 7.05. The van der Waals surface area contributed by atoms with Crippen LogP contribution >= 0.6 is 0 Å². The topological polar surface area (TPSA) is 30.5 Å². The first-order valence-electron chi connectivity index (χ1n) is 8.42. The summed E-state index contributed by atoms with van der Waals surface area (Å²) in [6.45, 7) is 5.81. The molecule has 0 radical (unpaired) electrons. The van der Waals surface area contributed by atoms with E-state index in [1.807, 2.05) is 6.92 Å². The van der Waals surface area contributed by atoms with E-state index in [0.717, 1.165) is 30.9 Å². The first-order chi connectivity index (χ1) is 11.3. The molecule has 3 rings (SSSR count). The average Bonchev–Trinajstić information content (AvgIpc) is 2.61. The van der Waals surface area contributed by atoms with E-state index < -0.39 is 0 Å². The molecule has 0 spiro atoms. The van der Waals surface area contributed by atoms with Crippen LogP contribution in [-0.2, 0) is 12.8 Å². The molecule has 2 aromatic rings. The molecule has 1 aliphatic heterocycles. The van der Waals surface area contributed by atoms with Crippen LogP contribution in [0.25, 0.3) is 0 Å². The van der Waals surface area contributed by atoms with E-state index in [0.29, 0.717) is 6.61 Å². The smallest absolute Gasteiger partial charge is 0.161 e. The monoisotopic (exact) mass is 311 g/mol. The van der Waals surface area contributed by atoms with Crippen LogP contribution in [-0.4, -0.2) is 20.3 Å². The van der Waals surface area contributed by atoms with Crippen molar-refractivity contribution in [2.75, 3.05) is 20.3 Å². The number of hydrogen-bond acceptors (Lipinski definition) is 3. The molecule has 122 valence electrons. The van der Waals surface area contributed by atoms with Gasteiger partial charge in [0.1, 0.15) is 0 Å². The minimum atomic E-state index is 0.217. The van der Waals surface area contributed by atoms with Gasteiger partial charge < -0.3 is 14.8 Å². The lowest BCUT2D eigenvalue weighted by molar-refractivity contribution is 0.309. The van der Waals surface area contributed by atoms with Crippen LogP contribution in [0.15, 0.2) is 36.4 Å². The van der Waals surface area contributed by atoms with Gasteiger partial charge in [-0.05, 0) is 54.2 Å². The standard InChI is InChI=1S/C20H25NO2/c1-4-14-6-8-15(9-7-14)20-17-13-18(22-3)19(23-5-2)12-16(17)10-11-21-20/h6-9,12-13,20-21H,4-5,10-11H2,1-3H3. The van der Waals surface area contributed by atoms with Crippen LogP contribution in [0.2, 0.25) is 0 Å². The number of fused-ring (bicyclic) bond motifs is 1. The number of ether oxygens (including phenoxy) is 2. The zero-order valence-corrected chi connectivity index (χ0v) is 14.2. The molecule has 1 unspecified atom stereocenters. The second-order valence-electron chi connectivity index (χ2n) is 5.87. The van der Waals surface area contributed by atoms with Crippen LogP contribution in [0.3, 0.4) is 0 Å². The van der Waals surface area contributed by atoms with Gasteiger partial charge in [0.15, 0.2) is 11.5 Å². The largest absolute Gasteiger partial charge is 0.493 e. The minimum Gasteiger partial charge on any atom is -0.493 e. The lowest BCUT2D eigenvalue weighted by Crippen LogP contribution is -2.30. The van der Waals surface area contributed by atoms with Crippen molar-refractivity contribution < 1.29 is 9.47 Å². The summed E-state index contributed by atoms with van der Waals surface area (Å²) in [6.07, 6.45) is 2.09. The maximum Gasteiger partial charge on any atom is 0.161 e. The van der Waals surface area contributed by atoms with Crippen molar-refractivity contribution in [2.24, 2.45) is 0 Å². The first-order valence-corrected chi connectivity index (χ1v) is 8.42. The highest BCUT2D eigenvalue weighted by molar-refractivity contribution is 5.51. The number of methoxy groups -OCH3 is 1. The van der Waals surface area contributed by atoms with Crippen LogP contribution in [0.1, 0.15) is 42.1 Å². The van der Waals surface area contributed by atoms with E-state index in [1.54, 1.807) is 7.11 Å². The van der Waals surface area contributed by atoms with Gasteiger partial charge in [0.2, 0.25) is 0 Å². The van der Waals surface area contributed by atoms with Crippen molar-refractivity contribution in [1.82, 2.24) is 5.32 Å². The van der Waals surface area contributed by atoms with Crippen molar-refractivity contribution in [3.63, 3.8) is 0 Å². The van der Waals surface area contributed by atoms with Gasteiger partial charge in [-0.25, -0.2) is 0 Å². The Morgan fingerprint density at radius 2 is 1.87 bits per heavy atom. The van der Waals surface area contributed by atoms with Crippen LogP contribution in [0.5, 0.6) is 11.5 Å². The van der Waals surface area contributed by atoms with Gasteiger partial charge in [0.25, 0.3) is 0 Å². The number of benzene rings is 2. The highest BCUT2D eigenvalue weighted by Crippen LogP contribution is 2.37. The summed E-state index contributed by atoms with van der Waals surface area (Å²) in [5, 5.41) is 3.64. The minimum absolute atomic E-state index is 0.217. The van der Waals surface area contributed by atoms with Crippen molar-refractivity contribution in [1.29, 1.82) is 0 Å². The molecule has 0 fully saturated rings. The summed E-state index contributed by atoms with van der Waals surface area (Å²) in [4.78, 5) is 0. The average molecular weight is 311 g/mol. The van der Waals surface area contributed by atoms with Crippen LogP contribution < -0.4 is 14.8 Å². The van der Waals surface area contributed by atoms with E-state index in [2.05, 4.69) is 48.6 Å². The fourth-order valence-electron chi connectivity index (χ4n) is 3.24. The Labute approximate surface area is 138 Å². The quantitative estimate of drug-likeness (QED) is 0.908. The fourth-order valence-corrected chi connectivity index (χ4v) is 3.24. The number of hydrogen-bond donors (Lipinski definition) is 1. The zero-order valence-electron chi connectivity index (χ0n) is 14.2. The molecule has 3 nitrogen and oxygen atoms in total. The molecule has 23 heavy (non-hydrogen) atoms. The molecule has 0 saturated heterocycles. The van der Waals surface area contributed by atoms with E-state index in [1.165, 1.54) is 22.3 Å². The molecule has 0 bridgehead atoms. The van der Waals surface area contributed by atoms with Crippen molar-refractivity contribution in [3.8, 4) is 11.5 Å². The Kier molecular flexibility index (Phi) is 4.87. The Morgan fingerprint density at radius 1 is 1.09 bits per heavy atom. The molecular formula is C20H25NO2. The van der Waals surface area contributed by atoms with E-state index in [9.17, 15) is 0 Å². The zero-order chi connectivity index (χ0) is 16.2. The van der Waals surface area contributed by atoms with Gasteiger partial charge >= 0.3 is 0 Å². The van der Waals surface area contributed by atoms with Gasteiger partial charge in [-0.2, -0.15) is 0 Å². The molecule has 1 aliphatic rings.